The van der Waals surface area contributed by atoms with Gasteiger partial charge in [-0.25, -0.2) is 4.21 Å². The second kappa shape index (κ2) is 6.96. The van der Waals surface area contributed by atoms with Gasteiger partial charge in [0.05, 0.1) is 15.6 Å². The minimum absolute atomic E-state index is 0.0753. The molecule has 1 unspecified atom stereocenters. The van der Waals surface area contributed by atoms with Crippen molar-refractivity contribution in [2.75, 3.05) is 24.6 Å². The van der Waals surface area contributed by atoms with Crippen LogP contribution in [0.15, 0.2) is 4.36 Å². The van der Waals surface area contributed by atoms with Gasteiger partial charge in [-0.3, -0.25) is 9.59 Å². The summed E-state index contributed by atoms with van der Waals surface area (Å²) >= 11 is 0. The van der Waals surface area contributed by atoms with Gasteiger partial charge in [0.25, 0.3) is 5.91 Å². The molecule has 0 saturated carbocycles. The molecule has 24 heavy (non-hydrogen) atoms. The Morgan fingerprint density at radius 3 is 2.75 bits per heavy atom. The lowest BCUT2D eigenvalue weighted by molar-refractivity contribution is -0.137. The van der Waals surface area contributed by atoms with E-state index in [0.29, 0.717) is 56.1 Å². The lowest BCUT2D eigenvalue weighted by Crippen LogP contribution is -2.42. The van der Waals surface area contributed by atoms with Gasteiger partial charge < -0.3 is 4.90 Å². The SMILES string of the molecule is CCN1CC(C(=O)N=S2(=O)CCC(c3nn[nH]n3)CC2)CCC1=O. The van der Waals surface area contributed by atoms with Crippen LogP contribution in [0.1, 0.15) is 44.3 Å². The average molecular weight is 354 g/mol. The lowest BCUT2D eigenvalue weighted by Gasteiger charge is -2.30. The molecule has 1 atom stereocenters. The smallest absolute Gasteiger partial charge is 0.258 e. The van der Waals surface area contributed by atoms with Crippen LogP contribution >= 0.6 is 0 Å². The van der Waals surface area contributed by atoms with E-state index < -0.39 is 9.73 Å². The molecular formula is C14H22N6O3S. The van der Waals surface area contributed by atoms with Crippen molar-refractivity contribution in [2.24, 2.45) is 10.3 Å². The molecule has 2 aliphatic rings. The van der Waals surface area contributed by atoms with E-state index >= 15 is 0 Å². The minimum atomic E-state index is -2.51. The summed E-state index contributed by atoms with van der Waals surface area (Å²) in [5, 5.41) is 13.9. The summed E-state index contributed by atoms with van der Waals surface area (Å²) in [5.74, 6) is 0.937. The first-order valence-corrected chi connectivity index (χ1v) is 10.1. The number of hydrogen-bond acceptors (Lipinski definition) is 6. The van der Waals surface area contributed by atoms with Crippen LogP contribution in [0.4, 0.5) is 0 Å². The highest BCUT2D eigenvalue weighted by Crippen LogP contribution is 2.28. The Hall–Kier alpha value is -1.84. The molecule has 0 aliphatic carbocycles. The van der Waals surface area contributed by atoms with E-state index in [1.807, 2.05) is 6.92 Å². The lowest BCUT2D eigenvalue weighted by atomic mass is 9.97. The third-order valence-electron chi connectivity index (χ3n) is 4.78. The Morgan fingerprint density at radius 2 is 2.12 bits per heavy atom. The molecule has 0 aromatic carbocycles. The number of H-pyrrole nitrogens is 1. The zero-order valence-electron chi connectivity index (χ0n) is 13.7. The van der Waals surface area contributed by atoms with Gasteiger partial charge in [-0.2, -0.15) is 9.58 Å². The summed E-state index contributed by atoms with van der Waals surface area (Å²) in [5.41, 5.74) is 0. The molecule has 0 radical (unpaired) electrons. The minimum Gasteiger partial charge on any atom is -0.342 e. The first-order chi connectivity index (χ1) is 11.5. The number of tetrazole rings is 1. The number of likely N-dealkylation sites (tertiary alicyclic amines) is 1. The molecular weight excluding hydrogens is 332 g/mol. The van der Waals surface area contributed by atoms with Crippen molar-refractivity contribution in [1.29, 1.82) is 0 Å². The van der Waals surface area contributed by atoms with Crippen molar-refractivity contribution in [1.82, 2.24) is 25.5 Å². The molecule has 1 aromatic rings. The quantitative estimate of drug-likeness (QED) is 0.835. The third kappa shape index (κ3) is 3.63. The van der Waals surface area contributed by atoms with Gasteiger partial charge in [-0.05, 0) is 26.2 Å². The van der Waals surface area contributed by atoms with Crippen LogP contribution in [0.2, 0.25) is 0 Å². The largest absolute Gasteiger partial charge is 0.342 e. The fourth-order valence-electron chi connectivity index (χ4n) is 3.25. The summed E-state index contributed by atoms with van der Waals surface area (Å²) in [6, 6.07) is 0. The number of hydrogen-bond donors (Lipinski definition) is 1. The van der Waals surface area contributed by atoms with Gasteiger partial charge in [-0.1, -0.05) is 5.21 Å². The highest BCUT2D eigenvalue weighted by Gasteiger charge is 2.32. The predicted octanol–water partition coefficient (Wildman–Crippen LogP) is 0.330. The number of piperidine rings is 1. The van der Waals surface area contributed by atoms with E-state index in [2.05, 4.69) is 25.0 Å². The zero-order chi connectivity index (χ0) is 17.2. The zero-order valence-corrected chi connectivity index (χ0v) is 14.5. The molecule has 2 amide bonds. The summed E-state index contributed by atoms with van der Waals surface area (Å²) in [6.07, 6.45) is 2.14. The van der Waals surface area contributed by atoms with Crippen molar-refractivity contribution >= 4 is 21.5 Å². The topological polar surface area (TPSA) is 121 Å². The number of nitrogens with zero attached hydrogens (tertiary/aromatic N) is 5. The summed E-state index contributed by atoms with van der Waals surface area (Å²) in [4.78, 5) is 25.8. The highest BCUT2D eigenvalue weighted by atomic mass is 32.2. The standard InChI is InChI=1S/C14H22N6O3S/c1-2-20-9-11(3-4-12(20)21)14(22)17-24(23)7-5-10(6-8-24)13-15-18-19-16-13/h10-11H,2-9H2,1H3,(H,15,16,18,19). The van der Waals surface area contributed by atoms with Crippen molar-refractivity contribution in [3.8, 4) is 0 Å². The number of carbonyl (C=O) groups is 2. The third-order valence-corrected chi connectivity index (χ3v) is 7.04. The molecule has 0 spiro atoms. The number of rotatable bonds is 3. The van der Waals surface area contributed by atoms with Crippen LogP contribution < -0.4 is 0 Å². The number of amides is 2. The highest BCUT2D eigenvalue weighted by molar-refractivity contribution is 7.93. The van der Waals surface area contributed by atoms with E-state index in [4.69, 9.17) is 0 Å². The second-order valence-electron chi connectivity index (χ2n) is 6.32. The van der Waals surface area contributed by atoms with Crippen molar-refractivity contribution in [2.45, 2.75) is 38.5 Å². The summed E-state index contributed by atoms with van der Waals surface area (Å²) < 4.78 is 16.9. The molecule has 1 aromatic heterocycles. The van der Waals surface area contributed by atoms with E-state index in [9.17, 15) is 13.8 Å². The number of carbonyl (C=O) groups excluding carboxylic acids is 2. The average Bonchev–Trinajstić information content (AvgIpc) is 3.10. The van der Waals surface area contributed by atoms with Crippen LogP contribution in [0.3, 0.4) is 0 Å². The molecule has 9 nitrogen and oxygen atoms in total. The molecule has 3 rings (SSSR count). The Labute approximate surface area is 140 Å². The Bertz CT molecular complexity index is 711. The van der Waals surface area contributed by atoms with E-state index in [-0.39, 0.29) is 23.7 Å². The number of aromatic amines is 1. The van der Waals surface area contributed by atoms with Gasteiger partial charge in [0, 0.05) is 36.9 Å². The molecule has 3 heterocycles. The molecule has 10 heteroatoms. The van der Waals surface area contributed by atoms with E-state index in [1.165, 1.54) is 0 Å². The van der Waals surface area contributed by atoms with Gasteiger partial charge in [-0.15, -0.1) is 10.2 Å². The van der Waals surface area contributed by atoms with Gasteiger partial charge in [0.1, 0.15) is 0 Å². The Balaban J connectivity index is 1.64. The monoisotopic (exact) mass is 354 g/mol. The maximum absolute atomic E-state index is 12.9. The molecule has 1 N–H and O–H groups in total. The summed E-state index contributed by atoms with van der Waals surface area (Å²) in [6.45, 7) is 2.87. The van der Waals surface area contributed by atoms with Crippen LogP contribution in [-0.4, -0.2) is 66.1 Å². The summed E-state index contributed by atoms with van der Waals surface area (Å²) in [7, 11) is -2.51. The normalized spacial score (nSPS) is 31.0. The first kappa shape index (κ1) is 17.0. The van der Waals surface area contributed by atoms with Crippen molar-refractivity contribution in [3.05, 3.63) is 5.82 Å². The predicted molar refractivity (Wildman–Crippen MR) is 86.4 cm³/mol. The fraction of sp³-hybridized carbons (Fsp3) is 0.786. The van der Waals surface area contributed by atoms with E-state index in [0.717, 1.165) is 0 Å². The van der Waals surface area contributed by atoms with Gasteiger partial charge in [0.2, 0.25) is 5.91 Å². The van der Waals surface area contributed by atoms with Crippen LogP contribution in [0.25, 0.3) is 0 Å². The number of aromatic nitrogens is 4. The molecule has 2 saturated heterocycles. The fourth-order valence-corrected chi connectivity index (χ4v) is 5.42. The van der Waals surface area contributed by atoms with Gasteiger partial charge >= 0.3 is 0 Å². The maximum atomic E-state index is 12.9. The van der Waals surface area contributed by atoms with Crippen LogP contribution in [0, 0.1) is 5.92 Å². The molecule has 0 bridgehead atoms. The Morgan fingerprint density at radius 1 is 1.38 bits per heavy atom. The molecule has 132 valence electrons. The number of nitrogens with one attached hydrogen (secondary N) is 1. The van der Waals surface area contributed by atoms with E-state index in [1.54, 1.807) is 4.90 Å². The Kier molecular flexibility index (Phi) is 4.93. The second-order valence-corrected chi connectivity index (χ2v) is 8.87. The first-order valence-electron chi connectivity index (χ1n) is 8.28. The van der Waals surface area contributed by atoms with Crippen molar-refractivity contribution in [3.63, 3.8) is 0 Å². The van der Waals surface area contributed by atoms with Crippen LogP contribution in [-0.2, 0) is 19.3 Å². The molecule has 2 aliphatic heterocycles. The van der Waals surface area contributed by atoms with Gasteiger partial charge in [0.15, 0.2) is 5.82 Å². The van der Waals surface area contributed by atoms with Crippen molar-refractivity contribution < 1.29 is 13.8 Å². The van der Waals surface area contributed by atoms with Crippen LogP contribution in [0.5, 0.6) is 0 Å². The maximum Gasteiger partial charge on any atom is 0.258 e. The molecule has 2 fully saturated rings.